The monoisotopic (exact) mass is 257 g/mol. The summed E-state index contributed by atoms with van der Waals surface area (Å²) in [5.74, 6) is 0.749. The van der Waals surface area contributed by atoms with E-state index in [9.17, 15) is 0 Å². The summed E-state index contributed by atoms with van der Waals surface area (Å²) in [5, 5.41) is 1.20. The van der Waals surface area contributed by atoms with Crippen molar-refractivity contribution in [2.24, 2.45) is 11.7 Å². The fraction of sp³-hybridized carbons (Fsp3) is 0.538. The third-order valence-electron chi connectivity index (χ3n) is 3.72. The summed E-state index contributed by atoms with van der Waals surface area (Å²) in [7, 11) is 0. The topological polar surface area (TPSA) is 26.0 Å². The fourth-order valence-electron chi connectivity index (χ4n) is 2.60. The van der Waals surface area contributed by atoms with Gasteiger partial charge in [-0.05, 0) is 42.9 Å². The summed E-state index contributed by atoms with van der Waals surface area (Å²) in [6.45, 7) is 2.23. The molecule has 0 bridgehead atoms. The molecule has 1 aromatic rings. The maximum Gasteiger partial charge on any atom is 0.0595 e. The first-order chi connectivity index (χ1) is 7.55. The molecule has 0 aliphatic heterocycles. The van der Waals surface area contributed by atoms with Crippen LogP contribution in [0, 0.1) is 5.92 Å². The van der Waals surface area contributed by atoms with Crippen molar-refractivity contribution in [1.29, 1.82) is 0 Å². The van der Waals surface area contributed by atoms with Crippen LogP contribution in [0.5, 0.6) is 0 Å². The highest BCUT2D eigenvalue weighted by molar-refractivity contribution is 6.42. The number of hydrogen-bond acceptors (Lipinski definition) is 1. The van der Waals surface area contributed by atoms with E-state index in [1.807, 2.05) is 18.2 Å². The molecular formula is C13H17Cl2N. The van der Waals surface area contributed by atoms with E-state index >= 15 is 0 Å². The van der Waals surface area contributed by atoms with Crippen molar-refractivity contribution < 1.29 is 0 Å². The molecule has 0 aromatic heterocycles. The Hall–Kier alpha value is -0.240. The first kappa shape index (κ1) is 12.2. The standard InChI is InChI=1S/C13H17Cl2N/c1-2-9-5-6-13(16,8-9)10-3-4-11(14)12(15)7-10/h3-4,7,9H,2,5-6,8,16H2,1H3. The van der Waals surface area contributed by atoms with Crippen LogP contribution in [-0.2, 0) is 5.54 Å². The summed E-state index contributed by atoms with van der Waals surface area (Å²) in [6, 6.07) is 5.77. The van der Waals surface area contributed by atoms with E-state index in [0.29, 0.717) is 10.0 Å². The molecular weight excluding hydrogens is 241 g/mol. The average Bonchev–Trinajstić information content (AvgIpc) is 2.66. The zero-order valence-electron chi connectivity index (χ0n) is 9.47. The van der Waals surface area contributed by atoms with Gasteiger partial charge in [0.1, 0.15) is 0 Å². The van der Waals surface area contributed by atoms with E-state index in [2.05, 4.69) is 6.92 Å². The first-order valence-corrected chi connectivity index (χ1v) is 6.55. The van der Waals surface area contributed by atoms with Crippen LogP contribution in [0.2, 0.25) is 10.0 Å². The lowest BCUT2D eigenvalue weighted by molar-refractivity contribution is 0.424. The quantitative estimate of drug-likeness (QED) is 0.838. The van der Waals surface area contributed by atoms with Crippen LogP contribution < -0.4 is 5.73 Å². The van der Waals surface area contributed by atoms with Gasteiger partial charge in [0.2, 0.25) is 0 Å². The summed E-state index contributed by atoms with van der Waals surface area (Å²) >= 11 is 12.0. The molecule has 2 rings (SSSR count). The molecule has 1 aromatic carbocycles. The van der Waals surface area contributed by atoms with Gasteiger partial charge in [0.25, 0.3) is 0 Å². The van der Waals surface area contributed by atoms with Gasteiger partial charge in [-0.25, -0.2) is 0 Å². The molecule has 0 radical (unpaired) electrons. The highest BCUT2D eigenvalue weighted by Gasteiger charge is 2.36. The van der Waals surface area contributed by atoms with Crippen LogP contribution in [-0.4, -0.2) is 0 Å². The van der Waals surface area contributed by atoms with Crippen molar-refractivity contribution in [3.8, 4) is 0 Å². The molecule has 3 heteroatoms. The normalized spacial score (nSPS) is 29.6. The van der Waals surface area contributed by atoms with E-state index in [-0.39, 0.29) is 5.54 Å². The lowest BCUT2D eigenvalue weighted by Gasteiger charge is -2.25. The Morgan fingerprint density at radius 1 is 1.38 bits per heavy atom. The van der Waals surface area contributed by atoms with Gasteiger partial charge in [-0.15, -0.1) is 0 Å². The zero-order chi connectivity index (χ0) is 11.8. The second-order valence-corrected chi connectivity index (χ2v) is 5.62. The maximum atomic E-state index is 6.46. The minimum absolute atomic E-state index is 0.199. The van der Waals surface area contributed by atoms with Crippen molar-refractivity contribution in [3.05, 3.63) is 33.8 Å². The number of hydrogen-bond donors (Lipinski definition) is 1. The van der Waals surface area contributed by atoms with Crippen LogP contribution in [0.4, 0.5) is 0 Å². The molecule has 0 spiro atoms. The molecule has 88 valence electrons. The Bertz CT molecular complexity index is 392. The second kappa shape index (κ2) is 4.56. The molecule has 1 fully saturated rings. The number of benzene rings is 1. The van der Waals surface area contributed by atoms with E-state index < -0.39 is 0 Å². The van der Waals surface area contributed by atoms with E-state index in [1.165, 1.54) is 12.8 Å². The lowest BCUT2D eigenvalue weighted by Crippen LogP contribution is -2.33. The van der Waals surface area contributed by atoms with Gasteiger partial charge in [0.15, 0.2) is 0 Å². The predicted octanol–water partition coefficient (Wildman–Crippen LogP) is 4.36. The molecule has 2 unspecified atom stereocenters. The molecule has 1 saturated carbocycles. The summed E-state index contributed by atoms with van der Waals surface area (Å²) in [4.78, 5) is 0. The third kappa shape index (κ3) is 2.22. The minimum Gasteiger partial charge on any atom is -0.321 e. The Balaban J connectivity index is 2.27. The molecule has 0 amide bonds. The van der Waals surface area contributed by atoms with E-state index in [0.717, 1.165) is 24.3 Å². The van der Waals surface area contributed by atoms with Gasteiger partial charge < -0.3 is 5.73 Å². The van der Waals surface area contributed by atoms with Crippen LogP contribution >= 0.6 is 23.2 Å². The Morgan fingerprint density at radius 2 is 2.12 bits per heavy atom. The minimum atomic E-state index is -0.199. The fourth-order valence-corrected chi connectivity index (χ4v) is 2.90. The van der Waals surface area contributed by atoms with Gasteiger partial charge in [-0.2, -0.15) is 0 Å². The van der Waals surface area contributed by atoms with Crippen LogP contribution in [0.1, 0.15) is 38.2 Å². The zero-order valence-corrected chi connectivity index (χ0v) is 11.0. The second-order valence-electron chi connectivity index (χ2n) is 4.80. The average molecular weight is 258 g/mol. The highest BCUT2D eigenvalue weighted by Crippen LogP contribution is 2.42. The smallest absolute Gasteiger partial charge is 0.0595 e. The lowest BCUT2D eigenvalue weighted by atomic mass is 9.88. The van der Waals surface area contributed by atoms with E-state index in [4.69, 9.17) is 28.9 Å². The van der Waals surface area contributed by atoms with Crippen molar-refractivity contribution in [1.82, 2.24) is 0 Å². The van der Waals surface area contributed by atoms with Gasteiger partial charge in [-0.3, -0.25) is 0 Å². The molecule has 1 aliphatic carbocycles. The van der Waals surface area contributed by atoms with Gasteiger partial charge in [0.05, 0.1) is 10.0 Å². The molecule has 2 N–H and O–H groups in total. The van der Waals surface area contributed by atoms with Crippen molar-refractivity contribution in [3.63, 3.8) is 0 Å². The molecule has 0 saturated heterocycles. The van der Waals surface area contributed by atoms with Crippen molar-refractivity contribution in [2.75, 3.05) is 0 Å². The Labute approximate surface area is 107 Å². The Morgan fingerprint density at radius 3 is 2.69 bits per heavy atom. The maximum absolute atomic E-state index is 6.46. The molecule has 0 heterocycles. The third-order valence-corrected chi connectivity index (χ3v) is 4.46. The summed E-state index contributed by atoms with van der Waals surface area (Å²) < 4.78 is 0. The molecule has 16 heavy (non-hydrogen) atoms. The number of nitrogens with two attached hydrogens (primary N) is 1. The molecule has 2 atom stereocenters. The molecule has 1 nitrogen and oxygen atoms in total. The first-order valence-electron chi connectivity index (χ1n) is 5.79. The summed E-state index contributed by atoms with van der Waals surface area (Å²) in [6.07, 6.45) is 4.53. The SMILES string of the molecule is CCC1CCC(N)(c2ccc(Cl)c(Cl)c2)C1. The van der Waals surface area contributed by atoms with Crippen LogP contribution in [0.15, 0.2) is 18.2 Å². The van der Waals surface area contributed by atoms with Crippen molar-refractivity contribution in [2.45, 2.75) is 38.1 Å². The van der Waals surface area contributed by atoms with Crippen LogP contribution in [0.25, 0.3) is 0 Å². The Kier molecular flexibility index (Phi) is 3.48. The summed E-state index contributed by atoms with van der Waals surface area (Å²) in [5.41, 5.74) is 7.39. The van der Waals surface area contributed by atoms with Crippen LogP contribution in [0.3, 0.4) is 0 Å². The van der Waals surface area contributed by atoms with Gasteiger partial charge in [0, 0.05) is 5.54 Å². The van der Waals surface area contributed by atoms with Gasteiger partial charge in [-0.1, -0.05) is 42.6 Å². The number of halogens is 2. The predicted molar refractivity (Wildman–Crippen MR) is 70.0 cm³/mol. The highest BCUT2D eigenvalue weighted by atomic mass is 35.5. The largest absolute Gasteiger partial charge is 0.321 e. The number of rotatable bonds is 2. The van der Waals surface area contributed by atoms with Crippen molar-refractivity contribution >= 4 is 23.2 Å². The molecule has 1 aliphatic rings. The van der Waals surface area contributed by atoms with Gasteiger partial charge >= 0.3 is 0 Å². The van der Waals surface area contributed by atoms with E-state index in [1.54, 1.807) is 0 Å².